The number of rotatable bonds is 11. The summed E-state index contributed by atoms with van der Waals surface area (Å²) in [5, 5.41) is 23.8. The van der Waals surface area contributed by atoms with Crippen molar-refractivity contribution in [3.8, 4) is 0 Å². The van der Waals surface area contributed by atoms with Gasteiger partial charge in [-0.2, -0.15) is 17.9 Å². The molecule has 0 saturated carbocycles. The van der Waals surface area contributed by atoms with Crippen LogP contribution in [0.25, 0.3) is 0 Å². The van der Waals surface area contributed by atoms with Crippen molar-refractivity contribution >= 4 is 45.0 Å². The first-order valence-electron chi connectivity index (χ1n) is 11.4. The third kappa shape index (κ3) is 10.3. The number of hydrogen-bond donors (Lipinski definition) is 5. The molecule has 1 aliphatic heterocycles. The Balaban J connectivity index is 0.000000638. The molecule has 38 heavy (non-hydrogen) atoms. The Kier molecular flexibility index (Phi) is 11.5. The maximum Gasteiger partial charge on any atom is 0.490 e. The van der Waals surface area contributed by atoms with Gasteiger partial charge in [0.25, 0.3) is 10.0 Å². The average molecular weight is 581 g/mol. The number of carboxylic acids is 2. The molecule has 1 aliphatic rings. The molecule has 5 N–H and O–H groups in total. The molecule has 3 heterocycles. The quantitative estimate of drug-likeness (QED) is 0.250. The van der Waals surface area contributed by atoms with Crippen molar-refractivity contribution in [3.63, 3.8) is 0 Å². The van der Waals surface area contributed by atoms with Crippen LogP contribution in [0.3, 0.4) is 0 Å². The van der Waals surface area contributed by atoms with E-state index in [0.29, 0.717) is 6.42 Å². The second-order valence-corrected chi connectivity index (χ2v) is 11.0. The minimum absolute atomic E-state index is 0.0241. The fourth-order valence-electron chi connectivity index (χ4n) is 3.25. The maximum atomic E-state index is 12.2. The molecule has 11 nitrogen and oxygen atoms in total. The number of sulfonamides is 1. The predicted molar refractivity (Wildman–Crippen MR) is 131 cm³/mol. The zero-order valence-electron chi connectivity index (χ0n) is 20.0. The van der Waals surface area contributed by atoms with Gasteiger partial charge in [0.15, 0.2) is 0 Å². The number of fused-ring (bicyclic) bond motifs is 1. The van der Waals surface area contributed by atoms with Crippen LogP contribution in [0.15, 0.2) is 33.9 Å². The molecule has 0 bridgehead atoms. The molecule has 1 atom stereocenters. The zero-order valence-corrected chi connectivity index (χ0v) is 21.6. The molecule has 210 valence electrons. The molecule has 0 saturated heterocycles. The van der Waals surface area contributed by atoms with Gasteiger partial charge in [0.05, 0.1) is 0 Å². The van der Waals surface area contributed by atoms with E-state index >= 15 is 0 Å². The minimum atomic E-state index is -5.08. The highest BCUT2D eigenvalue weighted by atomic mass is 32.2. The first kappa shape index (κ1) is 31.0. The number of aryl methyl sites for hydroxylation is 2. The number of alkyl halides is 3. The fraction of sp³-hybridized carbons (Fsp3) is 0.455. The SMILES string of the molecule is O=C(CCCCc1ccc2c(n1)NCCC2)NCC(NS(=O)(=O)c1cccs1)C(=O)O.O=C(O)C(F)(F)F. The number of unbranched alkanes of at least 4 members (excludes halogenated alkanes) is 1. The molecule has 0 aromatic carbocycles. The van der Waals surface area contributed by atoms with Gasteiger partial charge in [0.1, 0.15) is 16.1 Å². The van der Waals surface area contributed by atoms with Crippen molar-refractivity contribution in [3.05, 3.63) is 40.9 Å². The zero-order chi connectivity index (χ0) is 28.3. The predicted octanol–water partition coefficient (Wildman–Crippen LogP) is 2.40. The van der Waals surface area contributed by atoms with Gasteiger partial charge < -0.3 is 20.8 Å². The van der Waals surface area contributed by atoms with Crippen molar-refractivity contribution in [2.45, 2.75) is 55.0 Å². The number of carbonyl (C=O) groups excluding carboxylic acids is 1. The Bertz CT molecular complexity index is 1210. The highest BCUT2D eigenvalue weighted by Crippen LogP contribution is 2.20. The summed E-state index contributed by atoms with van der Waals surface area (Å²) in [4.78, 5) is 37.0. The molecular formula is C22H27F3N4O7S2. The van der Waals surface area contributed by atoms with E-state index in [1.54, 1.807) is 11.4 Å². The van der Waals surface area contributed by atoms with Crippen LogP contribution in [0.2, 0.25) is 0 Å². The molecular weight excluding hydrogens is 553 g/mol. The van der Waals surface area contributed by atoms with E-state index in [0.717, 1.165) is 55.1 Å². The molecule has 0 radical (unpaired) electrons. The van der Waals surface area contributed by atoms with Crippen LogP contribution in [0.5, 0.6) is 0 Å². The van der Waals surface area contributed by atoms with Crippen LogP contribution in [-0.2, 0) is 37.2 Å². The van der Waals surface area contributed by atoms with Crippen molar-refractivity contribution in [1.82, 2.24) is 15.0 Å². The van der Waals surface area contributed by atoms with Gasteiger partial charge >= 0.3 is 18.1 Å². The van der Waals surface area contributed by atoms with Crippen molar-refractivity contribution in [1.29, 1.82) is 0 Å². The average Bonchev–Trinajstić information content (AvgIpc) is 3.40. The third-order valence-corrected chi connectivity index (χ3v) is 8.01. The van der Waals surface area contributed by atoms with Crippen LogP contribution in [0.1, 0.15) is 36.9 Å². The van der Waals surface area contributed by atoms with Crippen LogP contribution >= 0.6 is 11.3 Å². The van der Waals surface area contributed by atoms with Gasteiger partial charge in [0, 0.05) is 25.2 Å². The lowest BCUT2D eigenvalue weighted by Crippen LogP contribution is -2.48. The lowest BCUT2D eigenvalue weighted by Gasteiger charge is -2.17. The van der Waals surface area contributed by atoms with E-state index < -0.39 is 34.2 Å². The smallest absolute Gasteiger partial charge is 0.480 e. The second-order valence-electron chi connectivity index (χ2n) is 8.10. The van der Waals surface area contributed by atoms with E-state index in [1.807, 2.05) is 6.07 Å². The molecule has 1 unspecified atom stereocenters. The molecule has 1 amide bonds. The number of aromatic nitrogens is 1. The number of aliphatic carboxylic acids is 2. The number of carboxylic acid groups (broad SMARTS) is 2. The van der Waals surface area contributed by atoms with Gasteiger partial charge in [-0.1, -0.05) is 12.1 Å². The van der Waals surface area contributed by atoms with E-state index in [4.69, 9.17) is 9.90 Å². The van der Waals surface area contributed by atoms with E-state index in [9.17, 15) is 36.3 Å². The molecule has 0 fully saturated rings. The largest absolute Gasteiger partial charge is 0.490 e. The number of anilines is 1. The van der Waals surface area contributed by atoms with Gasteiger partial charge in [-0.3, -0.25) is 9.59 Å². The molecule has 3 rings (SSSR count). The van der Waals surface area contributed by atoms with Gasteiger partial charge in [-0.05, 0) is 55.2 Å². The third-order valence-electron chi connectivity index (χ3n) is 5.14. The summed E-state index contributed by atoms with van der Waals surface area (Å²) in [5.74, 6) is -3.48. The number of thiophene rings is 1. The van der Waals surface area contributed by atoms with E-state index in [1.165, 1.54) is 11.6 Å². The lowest BCUT2D eigenvalue weighted by atomic mass is 10.1. The van der Waals surface area contributed by atoms with Crippen molar-refractivity contribution < 1.29 is 46.2 Å². The summed E-state index contributed by atoms with van der Waals surface area (Å²) < 4.78 is 58.3. The molecule has 16 heteroatoms. The maximum absolute atomic E-state index is 12.2. The van der Waals surface area contributed by atoms with Crippen LogP contribution in [0, 0.1) is 0 Å². The van der Waals surface area contributed by atoms with Crippen molar-refractivity contribution in [2.75, 3.05) is 18.4 Å². The summed E-state index contributed by atoms with van der Waals surface area (Å²) >= 11 is 0.987. The van der Waals surface area contributed by atoms with Gasteiger partial charge in [-0.15, -0.1) is 11.3 Å². The first-order chi connectivity index (χ1) is 17.8. The number of halogens is 3. The Labute approximate surface area is 220 Å². The number of nitrogens with zero attached hydrogens (tertiary/aromatic N) is 1. The molecule has 0 aliphatic carbocycles. The fourth-order valence-corrected chi connectivity index (χ4v) is 5.44. The number of hydrogen-bond acceptors (Lipinski definition) is 8. The Hall–Kier alpha value is -3.24. The van der Waals surface area contributed by atoms with E-state index in [-0.39, 0.29) is 23.1 Å². The highest BCUT2D eigenvalue weighted by molar-refractivity contribution is 7.91. The lowest BCUT2D eigenvalue weighted by molar-refractivity contribution is -0.192. The Morgan fingerprint density at radius 1 is 1.16 bits per heavy atom. The van der Waals surface area contributed by atoms with Crippen molar-refractivity contribution in [2.24, 2.45) is 0 Å². The normalized spacial score (nSPS) is 13.8. The molecule has 0 spiro atoms. The van der Waals surface area contributed by atoms with Crippen LogP contribution < -0.4 is 15.4 Å². The van der Waals surface area contributed by atoms with Crippen LogP contribution in [-0.4, -0.2) is 66.8 Å². The molecule has 2 aromatic heterocycles. The number of carbonyl (C=O) groups is 3. The topological polar surface area (TPSA) is 175 Å². The second kappa shape index (κ2) is 14.1. The monoisotopic (exact) mass is 580 g/mol. The summed E-state index contributed by atoms with van der Waals surface area (Å²) in [6.07, 6.45) is -0.560. The standard InChI is InChI=1S/C20H26N4O5S2.C2HF3O2/c25-17(7-2-1-6-15-10-9-14-5-3-11-21-19(14)23-15)22-13-16(20(26)27)24-31(28,29)18-8-4-12-30-18;3-2(4,5)1(6)7/h4,8-10,12,16,24H,1-3,5-7,11,13H2,(H,21,23)(H,22,25)(H,26,27);(H,6,7). The Morgan fingerprint density at radius 2 is 1.87 bits per heavy atom. The summed E-state index contributed by atoms with van der Waals surface area (Å²) in [6, 6.07) is 5.62. The van der Waals surface area contributed by atoms with Crippen LogP contribution in [0.4, 0.5) is 19.0 Å². The molecule has 2 aromatic rings. The highest BCUT2D eigenvalue weighted by Gasteiger charge is 2.38. The number of amides is 1. The minimum Gasteiger partial charge on any atom is -0.480 e. The van der Waals surface area contributed by atoms with Gasteiger partial charge in [0.2, 0.25) is 5.91 Å². The Morgan fingerprint density at radius 3 is 2.47 bits per heavy atom. The van der Waals surface area contributed by atoms with Gasteiger partial charge in [-0.25, -0.2) is 18.2 Å². The summed E-state index contributed by atoms with van der Waals surface area (Å²) in [6.45, 7) is 0.612. The first-order valence-corrected chi connectivity index (χ1v) is 13.7. The van der Waals surface area contributed by atoms with E-state index in [2.05, 4.69) is 26.4 Å². The summed E-state index contributed by atoms with van der Waals surface area (Å²) in [5.41, 5.74) is 2.21. The number of pyridine rings is 1. The number of nitrogens with one attached hydrogen (secondary N) is 3. The summed E-state index contributed by atoms with van der Waals surface area (Å²) in [7, 11) is -3.94.